The van der Waals surface area contributed by atoms with E-state index in [1.54, 1.807) is 18.4 Å². The van der Waals surface area contributed by atoms with Gasteiger partial charge in [0.15, 0.2) is 0 Å². The molecule has 0 saturated carbocycles. The SMILES string of the molecule is OC1=Cc2ccccc2NC=C1. The summed E-state index contributed by atoms with van der Waals surface area (Å²) in [6.45, 7) is 0. The highest BCUT2D eigenvalue weighted by atomic mass is 16.3. The number of aliphatic hydroxyl groups excluding tert-OH is 1. The van der Waals surface area contributed by atoms with Crippen LogP contribution in [0.2, 0.25) is 0 Å². The second kappa shape index (κ2) is 2.74. The number of hydrogen-bond donors (Lipinski definition) is 2. The molecule has 0 aliphatic carbocycles. The third-order valence-corrected chi connectivity index (χ3v) is 1.76. The van der Waals surface area contributed by atoms with E-state index in [2.05, 4.69) is 5.32 Å². The van der Waals surface area contributed by atoms with Crippen molar-refractivity contribution < 1.29 is 5.11 Å². The Bertz CT molecular complexity index is 353. The van der Waals surface area contributed by atoms with Gasteiger partial charge in [0.1, 0.15) is 5.76 Å². The van der Waals surface area contributed by atoms with E-state index < -0.39 is 0 Å². The Balaban J connectivity index is 2.54. The van der Waals surface area contributed by atoms with E-state index in [0.29, 0.717) is 0 Å². The van der Waals surface area contributed by atoms with Gasteiger partial charge in [-0.2, -0.15) is 0 Å². The van der Waals surface area contributed by atoms with Crippen molar-refractivity contribution in [2.45, 2.75) is 0 Å². The highest BCUT2D eigenvalue weighted by Gasteiger charge is 2.00. The Morgan fingerprint density at radius 1 is 1.17 bits per heavy atom. The van der Waals surface area contributed by atoms with E-state index >= 15 is 0 Å². The van der Waals surface area contributed by atoms with Crippen LogP contribution < -0.4 is 5.32 Å². The van der Waals surface area contributed by atoms with Crippen LogP contribution in [0.5, 0.6) is 0 Å². The Kier molecular flexibility index (Phi) is 1.59. The molecular weight excluding hydrogens is 150 g/mol. The zero-order valence-corrected chi connectivity index (χ0v) is 6.49. The zero-order valence-electron chi connectivity index (χ0n) is 6.49. The average molecular weight is 159 g/mol. The fourth-order valence-electron chi connectivity index (χ4n) is 1.18. The quantitative estimate of drug-likeness (QED) is 0.609. The van der Waals surface area contributed by atoms with E-state index in [1.807, 2.05) is 24.3 Å². The van der Waals surface area contributed by atoms with Crippen molar-refractivity contribution in [3.8, 4) is 0 Å². The minimum atomic E-state index is 0.271. The molecule has 1 heterocycles. The Labute approximate surface area is 70.9 Å². The van der Waals surface area contributed by atoms with Crippen LogP contribution in [0.15, 0.2) is 42.3 Å². The third-order valence-electron chi connectivity index (χ3n) is 1.76. The summed E-state index contributed by atoms with van der Waals surface area (Å²) < 4.78 is 0. The van der Waals surface area contributed by atoms with Gasteiger partial charge in [0.05, 0.1) is 0 Å². The molecule has 0 atom stereocenters. The lowest BCUT2D eigenvalue weighted by Gasteiger charge is -2.01. The smallest absolute Gasteiger partial charge is 0.117 e. The molecule has 12 heavy (non-hydrogen) atoms. The predicted molar refractivity (Wildman–Crippen MR) is 49.8 cm³/mol. The molecule has 0 amide bonds. The molecular formula is C10H9NO. The van der Waals surface area contributed by atoms with E-state index in [4.69, 9.17) is 0 Å². The van der Waals surface area contributed by atoms with Crippen molar-refractivity contribution in [1.29, 1.82) is 0 Å². The van der Waals surface area contributed by atoms with Crippen LogP contribution in [0.4, 0.5) is 5.69 Å². The van der Waals surface area contributed by atoms with E-state index in [-0.39, 0.29) is 5.76 Å². The lowest BCUT2D eigenvalue weighted by atomic mass is 10.1. The lowest BCUT2D eigenvalue weighted by Crippen LogP contribution is -1.87. The monoisotopic (exact) mass is 159 g/mol. The number of para-hydroxylation sites is 1. The minimum Gasteiger partial charge on any atom is -0.508 e. The number of nitrogens with one attached hydrogen (secondary N) is 1. The molecule has 2 rings (SSSR count). The second-order valence-electron chi connectivity index (χ2n) is 2.63. The number of anilines is 1. The van der Waals surface area contributed by atoms with Crippen LogP contribution in [0, 0.1) is 0 Å². The molecule has 0 unspecified atom stereocenters. The minimum absolute atomic E-state index is 0.271. The van der Waals surface area contributed by atoms with Gasteiger partial charge in [-0.05, 0) is 18.2 Å². The first kappa shape index (κ1) is 6.98. The molecule has 1 aliphatic heterocycles. The molecule has 2 nitrogen and oxygen atoms in total. The summed E-state index contributed by atoms with van der Waals surface area (Å²) in [4.78, 5) is 0. The molecule has 2 heteroatoms. The molecule has 0 bridgehead atoms. The van der Waals surface area contributed by atoms with Crippen molar-refractivity contribution in [3.63, 3.8) is 0 Å². The molecule has 1 aromatic carbocycles. The van der Waals surface area contributed by atoms with Crippen LogP contribution in [0.1, 0.15) is 5.56 Å². The Hall–Kier alpha value is -1.70. The van der Waals surface area contributed by atoms with Crippen LogP contribution in [0.3, 0.4) is 0 Å². The van der Waals surface area contributed by atoms with Crippen molar-refractivity contribution in [1.82, 2.24) is 0 Å². The predicted octanol–water partition coefficient (Wildman–Crippen LogP) is 2.52. The normalized spacial score (nSPS) is 14.2. The Morgan fingerprint density at radius 2 is 2.00 bits per heavy atom. The van der Waals surface area contributed by atoms with Gasteiger partial charge in [-0.3, -0.25) is 0 Å². The van der Waals surface area contributed by atoms with E-state index in [9.17, 15) is 5.11 Å². The van der Waals surface area contributed by atoms with Crippen molar-refractivity contribution in [2.75, 3.05) is 5.32 Å². The number of fused-ring (bicyclic) bond motifs is 1. The molecule has 0 saturated heterocycles. The average Bonchev–Trinajstić information content (AvgIpc) is 2.25. The van der Waals surface area contributed by atoms with Gasteiger partial charge < -0.3 is 10.4 Å². The molecule has 0 fully saturated rings. The summed E-state index contributed by atoms with van der Waals surface area (Å²) in [6, 6.07) is 7.81. The van der Waals surface area contributed by atoms with Gasteiger partial charge in [-0.15, -0.1) is 0 Å². The largest absolute Gasteiger partial charge is 0.508 e. The fraction of sp³-hybridized carbons (Fsp3) is 0. The number of benzene rings is 1. The molecule has 1 aromatic rings. The van der Waals surface area contributed by atoms with Crippen LogP contribution in [0.25, 0.3) is 6.08 Å². The number of rotatable bonds is 0. The molecule has 0 aromatic heterocycles. The van der Waals surface area contributed by atoms with Gasteiger partial charge in [0, 0.05) is 17.5 Å². The topological polar surface area (TPSA) is 32.3 Å². The first-order chi connectivity index (χ1) is 5.86. The summed E-state index contributed by atoms with van der Waals surface area (Å²) >= 11 is 0. The second-order valence-corrected chi connectivity index (χ2v) is 2.63. The fourth-order valence-corrected chi connectivity index (χ4v) is 1.18. The zero-order chi connectivity index (χ0) is 8.39. The third kappa shape index (κ3) is 1.19. The van der Waals surface area contributed by atoms with Gasteiger partial charge in [0.2, 0.25) is 0 Å². The molecule has 60 valence electrons. The molecule has 0 radical (unpaired) electrons. The van der Waals surface area contributed by atoms with Gasteiger partial charge in [-0.25, -0.2) is 0 Å². The summed E-state index contributed by atoms with van der Waals surface area (Å²) in [6.07, 6.45) is 5.07. The van der Waals surface area contributed by atoms with Crippen molar-refractivity contribution in [2.24, 2.45) is 0 Å². The molecule has 1 aliphatic rings. The standard InChI is InChI=1S/C10H9NO/c12-9-5-6-11-10-4-2-1-3-8(10)7-9/h1-7,11-12H. The van der Waals surface area contributed by atoms with Crippen LogP contribution >= 0.6 is 0 Å². The van der Waals surface area contributed by atoms with Crippen molar-refractivity contribution in [3.05, 3.63) is 47.9 Å². The number of hydrogen-bond acceptors (Lipinski definition) is 2. The molecule has 0 spiro atoms. The number of aliphatic hydroxyl groups is 1. The first-order valence-electron chi connectivity index (χ1n) is 3.79. The maximum absolute atomic E-state index is 9.27. The van der Waals surface area contributed by atoms with Crippen LogP contribution in [-0.2, 0) is 0 Å². The lowest BCUT2D eigenvalue weighted by molar-refractivity contribution is 0.438. The van der Waals surface area contributed by atoms with E-state index in [0.717, 1.165) is 11.3 Å². The summed E-state index contributed by atoms with van der Waals surface area (Å²) in [5.41, 5.74) is 2.01. The highest BCUT2D eigenvalue weighted by molar-refractivity contribution is 5.70. The van der Waals surface area contributed by atoms with Gasteiger partial charge in [-0.1, -0.05) is 18.2 Å². The molecule has 2 N–H and O–H groups in total. The summed E-state index contributed by atoms with van der Waals surface area (Å²) in [7, 11) is 0. The maximum atomic E-state index is 9.27. The summed E-state index contributed by atoms with van der Waals surface area (Å²) in [5, 5.41) is 12.3. The Morgan fingerprint density at radius 3 is 2.92 bits per heavy atom. The van der Waals surface area contributed by atoms with Gasteiger partial charge >= 0.3 is 0 Å². The first-order valence-corrected chi connectivity index (χ1v) is 3.79. The van der Waals surface area contributed by atoms with Crippen molar-refractivity contribution >= 4 is 11.8 Å². The van der Waals surface area contributed by atoms with Crippen LogP contribution in [-0.4, -0.2) is 5.11 Å². The summed E-state index contributed by atoms with van der Waals surface area (Å²) in [5.74, 6) is 0.271. The number of allylic oxidation sites excluding steroid dienone is 1. The van der Waals surface area contributed by atoms with E-state index in [1.165, 1.54) is 0 Å². The highest BCUT2D eigenvalue weighted by Crippen LogP contribution is 2.20. The van der Waals surface area contributed by atoms with Gasteiger partial charge in [0.25, 0.3) is 0 Å². The maximum Gasteiger partial charge on any atom is 0.117 e.